The summed E-state index contributed by atoms with van der Waals surface area (Å²) in [4.78, 5) is 23.3. The molecule has 0 fully saturated rings. The minimum Gasteiger partial charge on any atom is -0.452 e. The molecule has 4 heterocycles. The van der Waals surface area contributed by atoms with Crippen LogP contribution in [0.2, 0.25) is 0 Å². The fourth-order valence-corrected chi connectivity index (χ4v) is 10.9. The lowest BCUT2D eigenvalue weighted by atomic mass is 9.71. The molecule has 0 bridgehead atoms. The van der Waals surface area contributed by atoms with Crippen LogP contribution in [0.15, 0.2) is 225 Å². The molecule has 6 nitrogen and oxygen atoms in total. The molecule has 3 aromatic heterocycles. The maximum absolute atomic E-state index is 7.12. The van der Waals surface area contributed by atoms with E-state index >= 15 is 0 Å². The van der Waals surface area contributed by atoms with Gasteiger partial charge in [0.25, 0.3) is 0 Å². The number of para-hydroxylation sites is 3. The number of hydrogen-bond donors (Lipinski definition) is 0. The van der Waals surface area contributed by atoms with Gasteiger partial charge >= 0.3 is 0 Å². The standard InChI is InChI=1S/C61H37N5O/c1-3-16-38(17-4-1)40-20-14-23-43(37-40)66-52-29-11-12-30-54(52)67-59-53(66)34-32-47-55(59)44-24-7-9-26-46(44)61(47)48-27-15-35-62-57(48)58-49(61)31-33-50(63-58)41-21-13-22-42(36-41)60-64-51-28-10-8-25-45(51)56(65-60)39-18-5-2-6-19-39/h1-37H. The monoisotopic (exact) mass is 855 g/mol. The van der Waals surface area contributed by atoms with Crippen LogP contribution in [0.3, 0.4) is 0 Å². The molecule has 0 amide bonds. The Kier molecular flexibility index (Phi) is 8.09. The largest absolute Gasteiger partial charge is 0.452 e. The lowest BCUT2D eigenvalue weighted by Crippen LogP contribution is -2.26. The van der Waals surface area contributed by atoms with E-state index in [9.17, 15) is 0 Å². The highest BCUT2D eigenvalue weighted by atomic mass is 16.5. The van der Waals surface area contributed by atoms with Crippen LogP contribution in [-0.2, 0) is 5.41 Å². The first-order valence-electron chi connectivity index (χ1n) is 22.6. The number of ether oxygens (including phenoxy) is 1. The maximum atomic E-state index is 7.12. The molecule has 1 unspecified atom stereocenters. The second kappa shape index (κ2) is 14.5. The summed E-state index contributed by atoms with van der Waals surface area (Å²) in [5.74, 6) is 2.30. The normalized spacial score (nSPS) is 14.7. The van der Waals surface area contributed by atoms with E-state index in [-0.39, 0.29) is 0 Å². The smallest absolute Gasteiger partial charge is 0.160 e. The van der Waals surface area contributed by atoms with Gasteiger partial charge in [-0.05, 0) is 93.5 Å². The highest BCUT2D eigenvalue weighted by molar-refractivity contribution is 6.01. The number of aromatic nitrogens is 4. The number of benzene rings is 8. The van der Waals surface area contributed by atoms with Crippen molar-refractivity contribution in [2.24, 2.45) is 0 Å². The Balaban J connectivity index is 0.930. The van der Waals surface area contributed by atoms with Crippen molar-refractivity contribution in [3.8, 4) is 79.0 Å². The Bertz CT molecular complexity index is 3810. The SMILES string of the molecule is c1ccc(-c2cccc(N3c4ccccc4Oc4c3ccc3c4-c4ccccc4C34c3cccnc3-c3nc(-c5cccc(-c6nc(-c7ccccc7)c7ccccc7n6)c5)ccc34)c2)cc1. The first-order chi connectivity index (χ1) is 33.2. The minimum atomic E-state index is -0.682. The molecule has 1 aliphatic heterocycles. The van der Waals surface area contributed by atoms with Gasteiger partial charge in [-0.15, -0.1) is 0 Å². The first kappa shape index (κ1) is 37.4. The molecule has 0 N–H and O–H groups in total. The zero-order valence-corrected chi connectivity index (χ0v) is 36.0. The molecule has 8 aromatic carbocycles. The van der Waals surface area contributed by atoms with Gasteiger partial charge in [0.05, 0.1) is 45.1 Å². The molecular weight excluding hydrogens is 819 g/mol. The molecule has 0 saturated carbocycles. The third-order valence-corrected chi connectivity index (χ3v) is 13.7. The van der Waals surface area contributed by atoms with E-state index in [4.69, 9.17) is 24.7 Å². The van der Waals surface area contributed by atoms with E-state index in [1.54, 1.807) is 0 Å². The van der Waals surface area contributed by atoms with E-state index < -0.39 is 5.41 Å². The number of anilines is 3. The van der Waals surface area contributed by atoms with Crippen molar-refractivity contribution in [3.63, 3.8) is 0 Å². The molecule has 3 aliphatic rings. The van der Waals surface area contributed by atoms with Gasteiger partial charge in [-0.3, -0.25) is 4.98 Å². The summed E-state index contributed by atoms with van der Waals surface area (Å²) in [7, 11) is 0. The van der Waals surface area contributed by atoms with E-state index in [0.717, 1.165) is 112 Å². The Morgan fingerprint density at radius 1 is 0.418 bits per heavy atom. The molecule has 0 saturated heterocycles. The quantitative estimate of drug-likeness (QED) is 0.172. The lowest BCUT2D eigenvalue weighted by Gasteiger charge is -2.35. The van der Waals surface area contributed by atoms with Gasteiger partial charge in [0.2, 0.25) is 0 Å². The van der Waals surface area contributed by atoms with Crippen molar-refractivity contribution in [2.45, 2.75) is 5.41 Å². The van der Waals surface area contributed by atoms with Crippen LogP contribution in [0.25, 0.3) is 78.4 Å². The van der Waals surface area contributed by atoms with Gasteiger partial charge in [0.15, 0.2) is 17.3 Å². The van der Waals surface area contributed by atoms with Crippen LogP contribution >= 0.6 is 0 Å². The van der Waals surface area contributed by atoms with Gasteiger partial charge in [0, 0.05) is 39.5 Å². The summed E-state index contributed by atoms with van der Waals surface area (Å²) in [5, 5.41) is 1.02. The zero-order valence-electron chi connectivity index (χ0n) is 36.0. The van der Waals surface area contributed by atoms with Gasteiger partial charge < -0.3 is 9.64 Å². The average Bonchev–Trinajstić information content (AvgIpc) is 3.87. The first-order valence-corrected chi connectivity index (χ1v) is 22.6. The van der Waals surface area contributed by atoms with Gasteiger partial charge in [-0.2, -0.15) is 0 Å². The molecule has 2 aliphatic carbocycles. The van der Waals surface area contributed by atoms with Crippen LogP contribution in [0.1, 0.15) is 22.3 Å². The van der Waals surface area contributed by atoms with Crippen LogP contribution in [0.4, 0.5) is 17.1 Å². The van der Waals surface area contributed by atoms with Crippen molar-refractivity contribution in [3.05, 3.63) is 247 Å². The van der Waals surface area contributed by atoms with E-state index in [0.29, 0.717) is 5.82 Å². The van der Waals surface area contributed by atoms with Gasteiger partial charge in [-0.25, -0.2) is 15.0 Å². The average molecular weight is 856 g/mol. The van der Waals surface area contributed by atoms with E-state index in [1.165, 1.54) is 11.1 Å². The topological polar surface area (TPSA) is 64.0 Å². The van der Waals surface area contributed by atoms with Crippen molar-refractivity contribution in [1.82, 2.24) is 19.9 Å². The molecule has 6 heteroatoms. The summed E-state index contributed by atoms with van der Waals surface area (Å²) in [6.45, 7) is 0. The lowest BCUT2D eigenvalue weighted by molar-refractivity contribution is 0.478. The van der Waals surface area contributed by atoms with E-state index in [2.05, 4.69) is 187 Å². The summed E-state index contributed by atoms with van der Waals surface area (Å²) in [6.07, 6.45) is 1.88. The minimum absolute atomic E-state index is 0.668. The second-order valence-corrected chi connectivity index (χ2v) is 17.3. The third kappa shape index (κ3) is 5.50. The molecule has 14 rings (SSSR count). The van der Waals surface area contributed by atoms with Gasteiger partial charge in [0.1, 0.15) is 0 Å². The fourth-order valence-electron chi connectivity index (χ4n) is 10.9. The van der Waals surface area contributed by atoms with Crippen molar-refractivity contribution in [1.29, 1.82) is 0 Å². The summed E-state index contributed by atoms with van der Waals surface area (Å²) < 4.78 is 7.12. The molecule has 1 atom stereocenters. The molecule has 0 radical (unpaired) electrons. The Hall–Kier alpha value is -9.00. The number of fused-ring (bicyclic) bond motifs is 14. The summed E-state index contributed by atoms with van der Waals surface area (Å²) in [6, 6.07) is 76.7. The van der Waals surface area contributed by atoms with Crippen molar-refractivity contribution >= 4 is 28.0 Å². The van der Waals surface area contributed by atoms with Gasteiger partial charge in [-0.1, -0.05) is 164 Å². The van der Waals surface area contributed by atoms with Crippen LogP contribution in [0, 0.1) is 0 Å². The molecule has 1 spiro atoms. The van der Waals surface area contributed by atoms with Crippen molar-refractivity contribution < 1.29 is 4.74 Å². The fraction of sp³-hybridized carbons (Fsp3) is 0.0164. The molecule has 11 aromatic rings. The number of hydrogen-bond acceptors (Lipinski definition) is 6. The zero-order chi connectivity index (χ0) is 44.1. The predicted octanol–water partition coefficient (Wildman–Crippen LogP) is 15.0. The molecule has 312 valence electrons. The van der Waals surface area contributed by atoms with Crippen LogP contribution < -0.4 is 9.64 Å². The second-order valence-electron chi connectivity index (χ2n) is 17.3. The Morgan fingerprint density at radius 2 is 1.12 bits per heavy atom. The highest BCUT2D eigenvalue weighted by Gasteiger charge is 2.54. The molecular formula is C61H37N5O. The Morgan fingerprint density at radius 3 is 2.03 bits per heavy atom. The number of nitrogens with zero attached hydrogens (tertiary/aromatic N) is 5. The van der Waals surface area contributed by atoms with Crippen molar-refractivity contribution in [2.75, 3.05) is 4.90 Å². The third-order valence-electron chi connectivity index (χ3n) is 13.7. The summed E-state index contributed by atoms with van der Waals surface area (Å²) in [5.41, 5.74) is 18.8. The number of rotatable bonds is 5. The predicted molar refractivity (Wildman–Crippen MR) is 268 cm³/mol. The summed E-state index contributed by atoms with van der Waals surface area (Å²) >= 11 is 0. The maximum Gasteiger partial charge on any atom is 0.160 e. The molecule has 67 heavy (non-hydrogen) atoms. The van der Waals surface area contributed by atoms with Crippen LogP contribution in [0.5, 0.6) is 11.5 Å². The van der Waals surface area contributed by atoms with E-state index in [1.807, 2.05) is 42.6 Å². The number of pyridine rings is 2. The van der Waals surface area contributed by atoms with Crippen LogP contribution in [-0.4, -0.2) is 19.9 Å². The Labute approximate surface area is 387 Å². The highest BCUT2D eigenvalue weighted by Crippen LogP contribution is 2.66.